The van der Waals surface area contributed by atoms with E-state index in [-0.39, 0.29) is 43.4 Å². The van der Waals surface area contributed by atoms with Crippen LogP contribution in [0.1, 0.15) is 92.9 Å². The van der Waals surface area contributed by atoms with E-state index in [2.05, 4.69) is 34.3 Å². The van der Waals surface area contributed by atoms with Crippen molar-refractivity contribution in [3.8, 4) is 0 Å². The molecule has 0 amide bonds. The molecule has 37 heavy (non-hydrogen) atoms. The van der Waals surface area contributed by atoms with E-state index in [4.69, 9.17) is 14.2 Å². The van der Waals surface area contributed by atoms with Crippen LogP contribution < -0.4 is 0 Å². The SMILES string of the molecule is C=C(C)C(=O)OC1CC2CC1C1C3CCC(C3)C21.CC(=O)OCOC1CC2CC3C2(C)C13C.CCC.[V]. The first-order valence-electron chi connectivity index (χ1n) is 14.7. The van der Waals surface area contributed by atoms with Crippen molar-refractivity contribution in [1.29, 1.82) is 0 Å². The third-order valence-corrected chi connectivity index (χ3v) is 11.9. The van der Waals surface area contributed by atoms with Crippen LogP contribution in [-0.2, 0) is 42.4 Å². The van der Waals surface area contributed by atoms with Crippen molar-refractivity contribution in [2.75, 3.05) is 6.79 Å². The van der Waals surface area contributed by atoms with Crippen LogP contribution in [0.15, 0.2) is 12.2 Å². The van der Waals surface area contributed by atoms with Crippen LogP contribution in [0, 0.1) is 58.2 Å². The van der Waals surface area contributed by atoms with E-state index in [1.165, 1.54) is 45.4 Å². The summed E-state index contributed by atoms with van der Waals surface area (Å²) in [6.07, 6.45) is 11.2. The second kappa shape index (κ2) is 10.7. The molecule has 0 spiro atoms. The zero-order chi connectivity index (χ0) is 26.0. The number of fused-ring (bicyclic) bond motifs is 10. The first kappa shape index (κ1) is 29.2. The molecule has 6 heteroatoms. The van der Waals surface area contributed by atoms with E-state index < -0.39 is 0 Å². The van der Waals surface area contributed by atoms with E-state index in [9.17, 15) is 9.59 Å². The molecule has 207 valence electrons. The smallest absolute Gasteiger partial charge is 0.333 e. The number of rotatable bonds is 5. The van der Waals surface area contributed by atoms with Gasteiger partial charge in [-0.15, -0.1) is 0 Å². The summed E-state index contributed by atoms with van der Waals surface area (Å²) in [6, 6.07) is 0. The van der Waals surface area contributed by atoms with Gasteiger partial charge in [-0.25, -0.2) is 4.79 Å². The Kier molecular flexibility index (Phi) is 8.41. The third-order valence-electron chi connectivity index (χ3n) is 11.9. The summed E-state index contributed by atoms with van der Waals surface area (Å²) in [6.45, 7) is 16.0. The van der Waals surface area contributed by atoms with Crippen molar-refractivity contribution >= 4 is 11.9 Å². The number of ether oxygens (including phenoxy) is 3. The fourth-order valence-corrected chi connectivity index (χ4v) is 10.3. The van der Waals surface area contributed by atoms with Crippen molar-refractivity contribution in [3.63, 3.8) is 0 Å². The van der Waals surface area contributed by atoms with Gasteiger partial charge >= 0.3 is 11.9 Å². The Hall–Kier alpha value is -0.776. The van der Waals surface area contributed by atoms with Gasteiger partial charge in [-0.1, -0.05) is 40.7 Å². The standard InChI is InChI=1S/C16H22O2.C12H18O3.C3H8.V/c1-8(2)16(17)18-13-7-11-6-12(13)15-10-4-3-9(5-10)14(11)15;1-7(13)14-6-15-10-5-8-4-9-11(8,2)12(9,10)3;1-3-2;/h9-15H,1,3-7H2,2H3;8-10H,4-6H2,1-3H3;3H2,1-2H3;. The minimum absolute atomic E-state index is 0. The van der Waals surface area contributed by atoms with E-state index in [0.717, 1.165) is 54.3 Å². The molecule has 7 aliphatic carbocycles. The Balaban J connectivity index is 0.000000155. The molecule has 7 aliphatic rings. The number of carbonyl (C=O) groups excluding carboxylic acids is 2. The monoisotopic (exact) mass is 551 g/mol. The van der Waals surface area contributed by atoms with E-state index in [1.807, 2.05) is 0 Å². The predicted octanol–water partition coefficient (Wildman–Crippen LogP) is 6.55. The van der Waals surface area contributed by atoms with Crippen LogP contribution in [-0.4, -0.2) is 30.9 Å². The summed E-state index contributed by atoms with van der Waals surface area (Å²) in [4.78, 5) is 22.3. The maximum Gasteiger partial charge on any atom is 0.333 e. The first-order valence-corrected chi connectivity index (χ1v) is 14.7. The summed E-state index contributed by atoms with van der Waals surface area (Å²) >= 11 is 0. The molecule has 12 atom stereocenters. The molecule has 0 N–H and O–H groups in total. The number of hydrogen-bond donors (Lipinski definition) is 0. The Morgan fingerprint density at radius 1 is 0.892 bits per heavy atom. The second-order valence-electron chi connectivity index (χ2n) is 13.5. The zero-order valence-corrected chi connectivity index (χ0v) is 25.2. The van der Waals surface area contributed by atoms with E-state index >= 15 is 0 Å². The van der Waals surface area contributed by atoms with Gasteiger partial charge in [0.1, 0.15) is 6.10 Å². The molecule has 0 heterocycles. The van der Waals surface area contributed by atoms with Crippen molar-refractivity contribution in [2.45, 2.75) is 105 Å². The van der Waals surface area contributed by atoms with Crippen LogP contribution in [0.5, 0.6) is 0 Å². The van der Waals surface area contributed by atoms with Crippen LogP contribution in [0.4, 0.5) is 0 Å². The van der Waals surface area contributed by atoms with Gasteiger partial charge in [0.25, 0.3) is 0 Å². The maximum absolute atomic E-state index is 11.7. The molecule has 7 rings (SSSR count). The van der Waals surface area contributed by atoms with Crippen molar-refractivity contribution < 1.29 is 42.4 Å². The second-order valence-corrected chi connectivity index (χ2v) is 13.5. The molecular weight excluding hydrogens is 503 g/mol. The summed E-state index contributed by atoms with van der Waals surface area (Å²) in [7, 11) is 0. The van der Waals surface area contributed by atoms with Gasteiger partial charge in [-0.05, 0) is 105 Å². The molecule has 0 saturated heterocycles. The summed E-state index contributed by atoms with van der Waals surface area (Å²) < 4.78 is 16.2. The number of hydrogen-bond acceptors (Lipinski definition) is 5. The van der Waals surface area contributed by atoms with Gasteiger partial charge in [0.05, 0.1) is 6.10 Å². The largest absolute Gasteiger partial charge is 0.459 e. The van der Waals surface area contributed by atoms with Crippen molar-refractivity contribution in [3.05, 3.63) is 12.2 Å². The molecule has 7 fully saturated rings. The average molecular weight is 552 g/mol. The Labute approximate surface area is 236 Å². The van der Waals surface area contributed by atoms with Gasteiger partial charge < -0.3 is 14.2 Å². The van der Waals surface area contributed by atoms with E-state index in [1.54, 1.807) is 6.92 Å². The van der Waals surface area contributed by atoms with Gasteiger partial charge in [-0.2, -0.15) is 0 Å². The van der Waals surface area contributed by atoms with Gasteiger partial charge in [0, 0.05) is 36.5 Å². The minimum atomic E-state index is -0.262. The van der Waals surface area contributed by atoms with Gasteiger partial charge in [-0.3, -0.25) is 4.79 Å². The Morgan fingerprint density at radius 2 is 1.54 bits per heavy atom. The zero-order valence-electron chi connectivity index (χ0n) is 23.8. The van der Waals surface area contributed by atoms with Crippen molar-refractivity contribution in [2.24, 2.45) is 58.2 Å². The molecule has 0 aromatic rings. The topological polar surface area (TPSA) is 61.8 Å². The minimum Gasteiger partial charge on any atom is -0.459 e. The molecule has 4 bridgehead atoms. The molecular formula is C31H48O5V. The van der Waals surface area contributed by atoms with Crippen molar-refractivity contribution in [1.82, 2.24) is 0 Å². The molecule has 12 unspecified atom stereocenters. The molecule has 7 saturated carbocycles. The number of carbonyl (C=O) groups is 2. The fraction of sp³-hybridized carbons (Fsp3) is 0.871. The summed E-state index contributed by atoms with van der Waals surface area (Å²) in [5, 5.41) is 0. The van der Waals surface area contributed by atoms with E-state index in [0.29, 0.717) is 28.4 Å². The van der Waals surface area contributed by atoms with Crippen LogP contribution in [0.3, 0.4) is 0 Å². The fourth-order valence-electron chi connectivity index (χ4n) is 10.3. The molecule has 0 aliphatic heterocycles. The maximum atomic E-state index is 11.7. The summed E-state index contributed by atoms with van der Waals surface area (Å²) in [5.74, 6) is 6.69. The Bertz CT molecular complexity index is 898. The normalized spacial score (nSPS) is 47.6. The summed E-state index contributed by atoms with van der Waals surface area (Å²) in [5.41, 5.74) is 1.47. The van der Waals surface area contributed by atoms with Gasteiger partial charge in [0.15, 0.2) is 6.79 Å². The Morgan fingerprint density at radius 3 is 2.08 bits per heavy atom. The average Bonchev–Trinajstić information content (AvgIpc) is 3.52. The van der Waals surface area contributed by atoms with Gasteiger partial charge in [0.2, 0.25) is 0 Å². The molecule has 0 aromatic carbocycles. The van der Waals surface area contributed by atoms with Crippen LogP contribution in [0.25, 0.3) is 0 Å². The third kappa shape index (κ3) is 4.47. The quantitative estimate of drug-likeness (QED) is 0.168. The van der Waals surface area contributed by atoms with Crippen LogP contribution >= 0.6 is 0 Å². The number of esters is 2. The van der Waals surface area contributed by atoms with Crippen LogP contribution in [0.2, 0.25) is 0 Å². The predicted molar refractivity (Wildman–Crippen MR) is 139 cm³/mol. The molecule has 5 nitrogen and oxygen atoms in total. The molecule has 1 radical (unpaired) electrons. The first-order chi connectivity index (χ1) is 17.1. The molecule has 0 aromatic heterocycles.